The Balaban J connectivity index is 1.60. The van der Waals surface area contributed by atoms with E-state index < -0.39 is 89.7 Å². The van der Waals surface area contributed by atoms with E-state index in [1.807, 2.05) is 96.1 Å². The molecule has 0 aliphatic carbocycles. The lowest BCUT2D eigenvalue weighted by molar-refractivity contribution is -0.302. The van der Waals surface area contributed by atoms with E-state index in [0.29, 0.717) is 12.0 Å². The van der Waals surface area contributed by atoms with E-state index in [-0.39, 0.29) is 37.4 Å². The molecule has 2 aromatic rings. The van der Waals surface area contributed by atoms with Gasteiger partial charge < -0.3 is 43.7 Å². The largest absolute Gasteiger partial charge is 0.458 e. The highest BCUT2D eigenvalue weighted by atomic mass is 16.7. The molecular weight excluding hydrogens is 769 g/mol. The number of carbonyl (C=O) groups excluding carboxylic acids is 4. The van der Waals surface area contributed by atoms with Crippen molar-refractivity contribution < 1.29 is 52.7 Å². The van der Waals surface area contributed by atoms with E-state index in [0.717, 1.165) is 11.1 Å². The van der Waals surface area contributed by atoms with Crippen LogP contribution in [-0.2, 0) is 38.0 Å². The Labute approximate surface area is 355 Å². The molecule has 14 atom stereocenters. The number of benzene rings is 2. The zero-order valence-corrected chi connectivity index (χ0v) is 37.1. The third-order valence-corrected chi connectivity index (χ3v) is 12.8. The monoisotopic (exact) mass is 834 g/mol. The second kappa shape index (κ2) is 19.7. The Morgan fingerprint density at radius 1 is 0.983 bits per heavy atom. The highest BCUT2D eigenvalue weighted by Gasteiger charge is 2.57. The van der Waals surface area contributed by atoms with Crippen molar-refractivity contribution in [3.05, 3.63) is 77.4 Å². The van der Waals surface area contributed by atoms with Crippen molar-refractivity contribution in [2.75, 3.05) is 20.7 Å². The van der Waals surface area contributed by atoms with Crippen molar-refractivity contribution in [3.8, 4) is 0 Å². The zero-order chi connectivity index (χ0) is 44.1. The molecule has 60 heavy (non-hydrogen) atoms. The van der Waals surface area contributed by atoms with Crippen LogP contribution < -0.4 is 5.32 Å². The molecule has 0 bridgehead atoms. The first-order chi connectivity index (χ1) is 28.3. The summed E-state index contributed by atoms with van der Waals surface area (Å²) in [5.74, 6) is -4.79. The van der Waals surface area contributed by atoms with Gasteiger partial charge in [-0.05, 0) is 85.7 Å². The van der Waals surface area contributed by atoms with Crippen LogP contribution >= 0.6 is 0 Å². The maximum Gasteiger partial charge on any atom is 0.408 e. The summed E-state index contributed by atoms with van der Waals surface area (Å²) in [5, 5.41) is 15.0. The average molecular weight is 835 g/mol. The molecule has 3 aliphatic heterocycles. The van der Waals surface area contributed by atoms with E-state index >= 15 is 0 Å². The van der Waals surface area contributed by atoms with Gasteiger partial charge in [0, 0.05) is 17.8 Å². The normalized spacial score (nSPS) is 36.9. The van der Waals surface area contributed by atoms with E-state index in [1.54, 1.807) is 52.0 Å². The first-order valence-corrected chi connectivity index (χ1v) is 21.3. The minimum atomic E-state index is -1.37. The number of Topliss-reactive ketones (excluding diaryl/α,β-unsaturated/α-hetero) is 1. The number of carbonyl (C=O) groups is 4. The maximum absolute atomic E-state index is 14.6. The summed E-state index contributed by atoms with van der Waals surface area (Å²) >= 11 is 0. The number of amides is 1. The lowest BCUT2D eigenvalue weighted by Gasteiger charge is -2.49. The standard InChI is InChI=1S/C47H66N2O11/c1-12-36-47(9)40(48-45(54)60-47)30(5)37(50)28(3)26-46(8,55-24-16-17-33-22-20-27(2)21-23-33)41(31(6)38(51)32(7)42(52)57-36)59-44-39(35(49(10)11)25-29(4)56-44)58-43(53)34-18-14-13-15-19-34/h13-23,28-32,35-36,38-41,44,51H,12,24-26H2,1-11H3,(H,48,54)/b17-16+/t28-,29-,30+,31+,32-,35+,36?,38+,39-,40-,41-,44+,46-,47-/m1/s1. The van der Waals surface area contributed by atoms with Crippen molar-refractivity contribution in [2.24, 2.45) is 23.7 Å². The van der Waals surface area contributed by atoms with Gasteiger partial charge in [-0.1, -0.05) is 87.9 Å². The van der Waals surface area contributed by atoms with E-state index in [2.05, 4.69) is 5.32 Å². The number of hydrogen-bond donors (Lipinski definition) is 2. The predicted octanol–water partition coefficient (Wildman–Crippen LogP) is 6.53. The van der Waals surface area contributed by atoms with Gasteiger partial charge in [-0.2, -0.15) is 0 Å². The number of aliphatic hydroxyl groups is 1. The number of esters is 2. The lowest BCUT2D eigenvalue weighted by atomic mass is 9.73. The number of alkyl carbamates (subject to hydrolysis) is 1. The topological polar surface area (TPSA) is 159 Å². The molecule has 0 saturated carbocycles. The molecule has 2 aromatic carbocycles. The summed E-state index contributed by atoms with van der Waals surface area (Å²) in [6.45, 7) is 16.3. The van der Waals surface area contributed by atoms with Crippen molar-refractivity contribution >= 4 is 29.9 Å². The summed E-state index contributed by atoms with van der Waals surface area (Å²) in [7, 11) is 3.80. The smallest absolute Gasteiger partial charge is 0.408 e. The number of nitrogens with one attached hydrogen (secondary N) is 1. The molecule has 0 aromatic heterocycles. The first-order valence-electron chi connectivity index (χ1n) is 21.3. The van der Waals surface area contributed by atoms with E-state index in [4.69, 9.17) is 28.4 Å². The molecule has 0 radical (unpaired) electrons. The van der Waals surface area contributed by atoms with Crippen LogP contribution in [0.4, 0.5) is 4.79 Å². The summed E-state index contributed by atoms with van der Waals surface area (Å²) in [6.07, 6.45) is -1.71. The van der Waals surface area contributed by atoms with Crippen molar-refractivity contribution in [3.63, 3.8) is 0 Å². The molecule has 13 nitrogen and oxygen atoms in total. The Kier molecular flexibility index (Phi) is 15.4. The fourth-order valence-electron chi connectivity index (χ4n) is 9.26. The number of fused-ring (bicyclic) bond motifs is 1. The summed E-state index contributed by atoms with van der Waals surface area (Å²) < 4.78 is 38.6. The van der Waals surface area contributed by atoms with Crippen LogP contribution in [0.15, 0.2) is 60.7 Å². The summed E-state index contributed by atoms with van der Waals surface area (Å²) in [6, 6.07) is 15.6. The highest BCUT2D eigenvalue weighted by Crippen LogP contribution is 2.41. The number of aliphatic hydroxyl groups excluding tert-OH is 1. The first kappa shape index (κ1) is 46.9. The van der Waals surface area contributed by atoms with Crippen LogP contribution in [0, 0.1) is 30.6 Å². The van der Waals surface area contributed by atoms with Gasteiger partial charge in [-0.15, -0.1) is 0 Å². The van der Waals surface area contributed by atoms with Gasteiger partial charge in [-0.25, -0.2) is 9.59 Å². The molecule has 3 saturated heterocycles. The minimum Gasteiger partial charge on any atom is -0.458 e. The predicted molar refractivity (Wildman–Crippen MR) is 226 cm³/mol. The Morgan fingerprint density at radius 3 is 2.28 bits per heavy atom. The minimum absolute atomic E-state index is 0.0958. The molecule has 330 valence electrons. The number of likely N-dealkylation sites (N-methyl/N-ethyl adjacent to an activating group) is 1. The van der Waals surface area contributed by atoms with E-state index in [1.165, 1.54) is 0 Å². The SMILES string of the molecule is CCC1OC(=O)[C@H](C)[C@@H](O)[C@H](C)[C@@H](O[C@@H]2O[C@H](C)C[C@H](N(C)C)[C@H]2OC(=O)c2ccccc2)[C@](C)(OC/C=C/c2ccc(C)cc2)C[C@@H](C)C(=O)[C@H](C)[C@H]2NC(=O)O[C@]12C. The maximum atomic E-state index is 14.6. The van der Waals surface area contributed by atoms with Gasteiger partial charge in [0.15, 0.2) is 18.0 Å². The number of hydrogen-bond acceptors (Lipinski definition) is 12. The van der Waals surface area contributed by atoms with Crippen molar-refractivity contribution in [1.29, 1.82) is 0 Å². The summed E-state index contributed by atoms with van der Waals surface area (Å²) in [4.78, 5) is 57.1. The van der Waals surface area contributed by atoms with Gasteiger partial charge in [0.1, 0.15) is 11.9 Å². The zero-order valence-electron chi connectivity index (χ0n) is 37.1. The van der Waals surface area contributed by atoms with Gasteiger partial charge in [0.2, 0.25) is 0 Å². The van der Waals surface area contributed by atoms with E-state index in [9.17, 15) is 24.3 Å². The quantitative estimate of drug-likeness (QED) is 0.197. The third-order valence-electron chi connectivity index (χ3n) is 12.8. The molecule has 1 unspecified atom stereocenters. The van der Waals surface area contributed by atoms with Gasteiger partial charge in [0.05, 0.1) is 54.1 Å². The number of rotatable bonds is 10. The second-order valence-electron chi connectivity index (χ2n) is 17.8. The Morgan fingerprint density at radius 2 is 1.65 bits per heavy atom. The molecule has 0 spiro atoms. The average Bonchev–Trinajstić information content (AvgIpc) is 3.54. The van der Waals surface area contributed by atoms with Crippen molar-refractivity contribution in [2.45, 2.75) is 142 Å². The molecule has 3 fully saturated rings. The molecule has 13 heteroatoms. The highest BCUT2D eigenvalue weighted by molar-refractivity contribution is 5.89. The molecule has 5 rings (SSSR count). The fourth-order valence-corrected chi connectivity index (χ4v) is 9.26. The molecular formula is C47H66N2O11. The molecule has 2 N–H and O–H groups in total. The number of ketones is 1. The van der Waals surface area contributed by atoms with Crippen LogP contribution in [0.5, 0.6) is 0 Å². The Bertz CT molecular complexity index is 1820. The van der Waals surface area contributed by atoms with Gasteiger partial charge >= 0.3 is 18.0 Å². The van der Waals surface area contributed by atoms with Crippen LogP contribution in [0.1, 0.15) is 96.1 Å². The second-order valence-corrected chi connectivity index (χ2v) is 17.8. The van der Waals surface area contributed by atoms with Crippen molar-refractivity contribution in [1.82, 2.24) is 10.2 Å². The van der Waals surface area contributed by atoms with Crippen LogP contribution in [0.2, 0.25) is 0 Å². The molecule has 3 heterocycles. The van der Waals surface area contributed by atoms with Crippen LogP contribution in [0.25, 0.3) is 6.08 Å². The number of nitrogens with zero attached hydrogens (tertiary/aromatic N) is 1. The number of aryl methyl sites for hydroxylation is 1. The Hall–Kier alpha value is -4.14. The summed E-state index contributed by atoms with van der Waals surface area (Å²) in [5.41, 5.74) is -0.239. The van der Waals surface area contributed by atoms with Gasteiger partial charge in [-0.3, -0.25) is 9.59 Å². The molecule has 1 amide bonds. The van der Waals surface area contributed by atoms with Gasteiger partial charge in [0.25, 0.3) is 0 Å². The number of cyclic esters (lactones) is 1. The van der Waals surface area contributed by atoms with Crippen LogP contribution in [-0.4, -0.2) is 115 Å². The number of ether oxygens (including phenoxy) is 6. The van der Waals surface area contributed by atoms with Crippen LogP contribution in [0.3, 0.4) is 0 Å². The third kappa shape index (κ3) is 10.5. The lowest BCUT2D eigenvalue weighted by Crippen LogP contribution is -2.61. The fraction of sp³-hybridized carbons (Fsp3) is 0.617. The molecule has 3 aliphatic rings.